The lowest BCUT2D eigenvalue weighted by atomic mass is 10.1. The number of carboxylic acids is 1. The highest BCUT2D eigenvalue weighted by Gasteiger charge is 2.21. The van der Waals surface area contributed by atoms with Crippen LogP contribution in [0.25, 0.3) is 0 Å². The summed E-state index contributed by atoms with van der Waals surface area (Å²) in [5.41, 5.74) is 0.623. The first kappa shape index (κ1) is 18.6. The molecule has 5 N–H and O–H groups in total. The Labute approximate surface area is 133 Å². The van der Waals surface area contributed by atoms with Crippen molar-refractivity contribution in [3.63, 3.8) is 0 Å². The van der Waals surface area contributed by atoms with Crippen LogP contribution in [0.1, 0.15) is 31.4 Å². The van der Waals surface area contributed by atoms with Gasteiger partial charge in [-0.1, -0.05) is 0 Å². The summed E-state index contributed by atoms with van der Waals surface area (Å²) in [6.45, 7) is 0.271. The van der Waals surface area contributed by atoms with Gasteiger partial charge >= 0.3 is 5.97 Å². The molecular formula is C14H22N4O5. The second-order valence-electron chi connectivity index (χ2n) is 5.00. The fourth-order valence-corrected chi connectivity index (χ4v) is 1.90. The van der Waals surface area contributed by atoms with Crippen LogP contribution in [0.3, 0.4) is 0 Å². The Bertz CT molecular complexity index is 503. The van der Waals surface area contributed by atoms with E-state index in [1.165, 1.54) is 6.33 Å². The standard InChI is InChI=1S/C14H22N4O5/c19-6-2-5-16-14(23)11(7-10-8-15-9-17-10)18-12(20)3-1-4-13(21)22/h8-9,11,19H,1-7H2,(H,15,17)(H,16,23)(H,18,20)(H,21,22). The number of aliphatic hydroxyl groups excluding tert-OH is 1. The average molecular weight is 326 g/mol. The molecule has 9 nitrogen and oxygen atoms in total. The van der Waals surface area contributed by atoms with Crippen LogP contribution in [0.2, 0.25) is 0 Å². The van der Waals surface area contributed by atoms with Crippen molar-refractivity contribution in [3.05, 3.63) is 18.2 Å². The number of hydrogen-bond acceptors (Lipinski definition) is 5. The molecule has 23 heavy (non-hydrogen) atoms. The second-order valence-corrected chi connectivity index (χ2v) is 5.00. The summed E-state index contributed by atoms with van der Waals surface area (Å²) in [6, 6.07) is -0.797. The molecule has 1 heterocycles. The summed E-state index contributed by atoms with van der Waals surface area (Å²) in [5.74, 6) is -1.72. The highest BCUT2D eigenvalue weighted by molar-refractivity contribution is 5.87. The van der Waals surface area contributed by atoms with Crippen molar-refractivity contribution in [1.29, 1.82) is 0 Å². The number of nitrogens with zero attached hydrogens (tertiary/aromatic N) is 1. The number of carboxylic acid groups (broad SMARTS) is 1. The number of imidazole rings is 1. The predicted molar refractivity (Wildman–Crippen MR) is 80.4 cm³/mol. The summed E-state index contributed by atoms with van der Waals surface area (Å²) in [4.78, 5) is 41.2. The van der Waals surface area contributed by atoms with E-state index >= 15 is 0 Å². The van der Waals surface area contributed by atoms with E-state index in [1.54, 1.807) is 6.20 Å². The zero-order valence-electron chi connectivity index (χ0n) is 12.7. The number of aliphatic carboxylic acids is 1. The van der Waals surface area contributed by atoms with Gasteiger partial charge in [-0.25, -0.2) is 4.98 Å². The molecule has 0 aromatic carbocycles. The SMILES string of the molecule is O=C(O)CCCC(=O)NC(Cc1c[nH]cn1)C(=O)NCCCO. The average Bonchev–Trinajstić information content (AvgIpc) is 2.99. The number of carbonyl (C=O) groups excluding carboxylic acids is 2. The third kappa shape index (κ3) is 7.96. The quantitative estimate of drug-likeness (QED) is 0.336. The first-order valence-electron chi connectivity index (χ1n) is 7.40. The van der Waals surface area contributed by atoms with Crippen LogP contribution in [0.15, 0.2) is 12.5 Å². The van der Waals surface area contributed by atoms with Crippen LogP contribution in [0, 0.1) is 0 Å². The molecule has 1 unspecified atom stereocenters. The zero-order chi connectivity index (χ0) is 17.1. The van der Waals surface area contributed by atoms with E-state index in [1.807, 2.05) is 0 Å². The number of hydrogen-bond donors (Lipinski definition) is 5. The maximum absolute atomic E-state index is 12.1. The third-order valence-corrected chi connectivity index (χ3v) is 3.05. The summed E-state index contributed by atoms with van der Waals surface area (Å²) in [6.07, 6.45) is 3.90. The number of aromatic nitrogens is 2. The van der Waals surface area contributed by atoms with Gasteiger partial charge in [-0.05, 0) is 12.8 Å². The van der Waals surface area contributed by atoms with E-state index in [-0.39, 0.29) is 44.1 Å². The molecule has 0 fully saturated rings. The van der Waals surface area contributed by atoms with E-state index in [0.717, 1.165) is 0 Å². The van der Waals surface area contributed by atoms with Gasteiger partial charge < -0.3 is 25.8 Å². The number of aliphatic hydroxyl groups is 1. The maximum Gasteiger partial charge on any atom is 0.303 e. The molecule has 9 heteroatoms. The fraction of sp³-hybridized carbons (Fsp3) is 0.571. The zero-order valence-corrected chi connectivity index (χ0v) is 12.7. The van der Waals surface area contributed by atoms with Crippen LogP contribution in [0.4, 0.5) is 0 Å². The number of nitrogens with one attached hydrogen (secondary N) is 3. The minimum Gasteiger partial charge on any atom is -0.481 e. The molecule has 1 aromatic rings. The Morgan fingerprint density at radius 1 is 1.26 bits per heavy atom. The van der Waals surface area contributed by atoms with Gasteiger partial charge in [0.15, 0.2) is 0 Å². The number of rotatable bonds is 11. The van der Waals surface area contributed by atoms with E-state index in [0.29, 0.717) is 18.7 Å². The minimum absolute atomic E-state index is 0.0350. The second kappa shape index (κ2) is 10.3. The monoisotopic (exact) mass is 326 g/mol. The van der Waals surface area contributed by atoms with Crippen LogP contribution < -0.4 is 10.6 Å². The van der Waals surface area contributed by atoms with E-state index in [2.05, 4.69) is 20.6 Å². The number of carbonyl (C=O) groups is 3. The van der Waals surface area contributed by atoms with Crippen LogP contribution in [-0.2, 0) is 20.8 Å². The first-order chi connectivity index (χ1) is 11.0. The molecule has 0 aliphatic heterocycles. The molecule has 0 bridgehead atoms. The molecule has 1 aromatic heterocycles. The highest BCUT2D eigenvalue weighted by atomic mass is 16.4. The topological polar surface area (TPSA) is 144 Å². The van der Waals surface area contributed by atoms with Gasteiger partial charge in [0.2, 0.25) is 11.8 Å². The molecule has 0 saturated heterocycles. The first-order valence-corrected chi connectivity index (χ1v) is 7.40. The lowest BCUT2D eigenvalue weighted by molar-refractivity contribution is -0.137. The van der Waals surface area contributed by atoms with Gasteiger partial charge in [0.25, 0.3) is 0 Å². The van der Waals surface area contributed by atoms with E-state index < -0.39 is 12.0 Å². The molecule has 1 rings (SSSR count). The van der Waals surface area contributed by atoms with Crippen molar-refractivity contribution in [3.8, 4) is 0 Å². The molecule has 128 valence electrons. The Hall–Kier alpha value is -2.42. The highest BCUT2D eigenvalue weighted by Crippen LogP contribution is 2.01. The molecule has 0 spiro atoms. The molecule has 0 saturated carbocycles. The van der Waals surface area contributed by atoms with Crippen molar-refractivity contribution in [2.75, 3.05) is 13.2 Å². The minimum atomic E-state index is -0.965. The molecule has 0 aliphatic carbocycles. The predicted octanol–water partition coefficient (Wildman–Crippen LogP) is -0.809. The van der Waals surface area contributed by atoms with E-state index in [4.69, 9.17) is 10.2 Å². The normalized spacial score (nSPS) is 11.7. The Balaban J connectivity index is 2.54. The lowest BCUT2D eigenvalue weighted by Gasteiger charge is -2.17. The largest absolute Gasteiger partial charge is 0.481 e. The Morgan fingerprint density at radius 2 is 2.04 bits per heavy atom. The summed E-state index contributed by atoms with van der Waals surface area (Å²) < 4.78 is 0. The van der Waals surface area contributed by atoms with Crippen molar-refractivity contribution in [1.82, 2.24) is 20.6 Å². The molecule has 0 radical (unpaired) electrons. The van der Waals surface area contributed by atoms with Crippen LogP contribution in [0.5, 0.6) is 0 Å². The number of aromatic amines is 1. The maximum atomic E-state index is 12.1. The van der Waals surface area contributed by atoms with Crippen LogP contribution >= 0.6 is 0 Å². The van der Waals surface area contributed by atoms with E-state index in [9.17, 15) is 14.4 Å². The summed E-state index contributed by atoms with van der Waals surface area (Å²) in [5, 5.41) is 22.5. The van der Waals surface area contributed by atoms with Gasteiger partial charge in [0, 0.05) is 38.6 Å². The van der Waals surface area contributed by atoms with Crippen LogP contribution in [-0.4, -0.2) is 57.2 Å². The third-order valence-electron chi connectivity index (χ3n) is 3.05. The summed E-state index contributed by atoms with van der Waals surface area (Å²) in [7, 11) is 0. The Morgan fingerprint density at radius 3 is 2.65 bits per heavy atom. The number of H-pyrrole nitrogens is 1. The van der Waals surface area contributed by atoms with Gasteiger partial charge in [-0.2, -0.15) is 0 Å². The fourth-order valence-electron chi connectivity index (χ4n) is 1.90. The molecule has 0 aliphatic rings. The van der Waals surface area contributed by atoms with Gasteiger partial charge in [0.1, 0.15) is 6.04 Å². The van der Waals surface area contributed by atoms with Gasteiger partial charge in [0.05, 0.1) is 12.0 Å². The summed E-state index contributed by atoms with van der Waals surface area (Å²) >= 11 is 0. The van der Waals surface area contributed by atoms with Crippen molar-refractivity contribution in [2.24, 2.45) is 0 Å². The van der Waals surface area contributed by atoms with Crippen molar-refractivity contribution in [2.45, 2.75) is 38.1 Å². The van der Waals surface area contributed by atoms with Crippen molar-refractivity contribution >= 4 is 17.8 Å². The van der Waals surface area contributed by atoms with Gasteiger partial charge in [-0.3, -0.25) is 14.4 Å². The molecular weight excluding hydrogens is 304 g/mol. The van der Waals surface area contributed by atoms with Crippen molar-refractivity contribution < 1.29 is 24.6 Å². The lowest BCUT2D eigenvalue weighted by Crippen LogP contribution is -2.48. The molecule has 1 atom stereocenters. The number of amides is 2. The smallest absolute Gasteiger partial charge is 0.303 e. The Kier molecular flexibility index (Phi) is 8.37. The molecule has 2 amide bonds. The van der Waals surface area contributed by atoms with Gasteiger partial charge in [-0.15, -0.1) is 0 Å².